The number of para-hydroxylation sites is 1. The third-order valence-electron chi connectivity index (χ3n) is 2.78. The van der Waals surface area contributed by atoms with E-state index in [1.54, 1.807) is 12.3 Å². The number of hydrogen-bond acceptors (Lipinski definition) is 3. The normalized spacial score (nSPS) is 10.5. The highest BCUT2D eigenvalue weighted by atomic mass is 79.9. The van der Waals surface area contributed by atoms with Crippen molar-refractivity contribution in [2.24, 2.45) is 5.92 Å². The molecule has 2 aromatic rings. The maximum absolute atomic E-state index is 11.7. The van der Waals surface area contributed by atoms with Crippen LogP contribution in [-0.4, -0.2) is 10.9 Å². The average molecular weight is 348 g/mol. The van der Waals surface area contributed by atoms with Crippen molar-refractivity contribution in [3.63, 3.8) is 0 Å². The molecule has 110 valence electrons. The molecule has 1 aromatic carbocycles. The van der Waals surface area contributed by atoms with E-state index in [4.69, 9.17) is 0 Å². The van der Waals surface area contributed by atoms with Gasteiger partial charge in [-0.15, -0.1) is 0 Å². The molecule has 0 fully saturated rings. The number of carbonyl (C=O) groups is 1. The van der Waals surface area contributed by atoms with Gasteiger partial charge in [-0.1, -0.05) is 26.0 Å². The van der Waals surface area contributed by atoms with Crippen LogP contribution in [0.1, 0.15) is 20.3 Å². The lowest BCUT2D eigenvalue weighted by molar-refractivity contribution is -0.116. The zero-order valence-corrected chi connectivity index (χ0v) is 13.6. The Bertz CT molecular complexity index is 611. The third kappa shape index (κ3) is 4.86. The summed E-state index contributed by atoms with van der Waals surface area (Å²) < 4.78 is 0.985. The molecule has 0 aliphatic carbocycles. The second-order valence-corrected chi connectivity index (χ2v) is 6.04. The van der Waals surface area contributed by atoms with Crippen molar-refractivity contribution in [3.8, 4) is 0 Å². The van der Waals surface area contributed by atoms with Crippen LogP contribution in [0.15, 0.2) is 47.1 Å². The first-order valence-electron chi connectivity index (χ1n) is 6.82. The van der Waals surface area contributed by atoms with Crippen LogP contribution in [0, 0.1) is 5.92 Å². The minimum Gasteiger partial charge on any atom is -0.353 e. The predicted octanol–water partition coefficient (Wildman–Crippen LogP) is 4.57. The summed E-state index contributed by atoms with van der Waals surface area (Å²) in [6, 6.07) is 11.5. The molecule has 0 saturated heterocycles. The molecule has 5 heteroatoms. The Morgan fingerprint density at radius 3 is 2.62 bits per heavy atom. The van der Waals surface area contributed by atoms with E-state index in [9.17, 15) is 4.79 Å². The number of carbonyl (C=O) groups excluding carboxylic acids is 1. The smallest absolute Gasteiger partial charge is 0.225 e. The molecule has 1 heterocycles. The van der Waals surface area contributed by atoms with Crippen LogP contribution < -0.4 is 10.6 Å². The first-order valence-corrected chi connectivity index (χ1v) is 7.61. The number of rotatable bonds is 5. The fourth-order valence-electron chi connectivity index (χ4n) is 1.82. The van der Waals surface area contributed by atoms with E-state index in [1.165, 1.54) is 0 Å². The molecule has 1 aromatic heterocycles. The van der Waals surface area contributed by atoms with Gasteiger partial charge in [-0.05, 0) is 46.1 Å². The molecule has 0 unspecified atom stereocenters. The third-order valence-corrected chi connectivity index (χ3v) is 3.47. The Hall–Kier alpha value is -1.88. The van der Waals surface area contributed by atoms with E-state index in [2.05, 4.69) is 31.5 Å². The molecule has 2 N–H and O–H groups in total. The van der Waals surface area contributed by atoms with Crippen molar-refractivity contribution in [2.45, 2.75) is 20.3 Å². The number of aromatic nitrogens is 1. The molecule has 0 aliphatic rings. The second kappa shape index (κ2) is 7.22. The SMILES string of the molecule is CC(C)CC(=O)Nc1ccc(Nc2ccccc2Br)cn1. The quantitative estimate of drug-likeness (QED) is 0.832. The molecule has 0 saturated carbocycles. The Morgan fingerprint density at radius 1 is 1.24 bits per heavy atom. The van der Waals surface area contributed by atoms with Crippen molar-refractivity contribution < 1.29 is 4.79 Å². The van der Waals surface area contributed by atoms with Crippen molar-refractivity contribution >= 4 is 39.0 Å². The first-order chi connectivity index (χ1) is 10.0. The minimum absolute atomic E-state index is 0.0102. The number of pyridine rings is 1. The van der Waals surface area contributed by atoms with E-state index >= 15 is 0 Å². The van der Waals surface area contributed by atoms with E-state index in [-0.39, 0.29) is 5.91 Å². The Labute approximate surface area is 133 Å². The van der Waals surface area contributed by atoms with Crippen LogP contribution in [0.4, 0.5) is 17.2 Å². The number of nitrogens with one attached hydrogen (secondary N) is 2. The number of halogens is 1. The minimum atomic E-state index is -0.0102. The lowest BCUT2D eigenvalue weighted by atomic mass is 10.1. The van der Waals surface area contributed by atoms with Gasteiger partial charge in [0.25, 0.3) is 0 Å². The summed E-state index contributed by atoms with van der Waals surface area (Å²) in [6.45, 7) is 4.02. The summed E-state index contributed by atoms with van der Waals surface area (Å²) in [5.41, 5.74) is 1.83. The van der Waals surface area contributed by atoms with Gasteiger partial charge >= 0.3 is 0 Å². The molecular formula is C16H18BrN3O. The zero-order valence-electron chi connectivity index (χ0n) is 12.1. The highest BCUT2D eigenvalue weighted by molar-refractivity contribution is 9.10. The van der Waals surface area contributed by atoms with E-state index in [0.717, 1.165) is 15.8 Å². The van der Waals surface area contributed by atoms with Gasteiger partial charge in [-0.2, -0.15) is 0 Å². The van der Waals surface area contributed by atoms with Crippen LogP contribution in [0.5, 0.6) is 0 Å². The van der Waals surface area contributed by atoms with Gasteiger partial charge in [0.05, 0.1) is 17.6 Å². The topological polar surface area (TPSA) is 54.0 Å². The molecule has 21 heavy (non-hydrogen) atoms. The number of benzene rings is 1. The largest absolute Gasteiger partial charge is 0.353 e. The number of hydrogen-bond donors (Lipinski definition) is 2. The van der Waals surface area contributed by atoms with Gasteiger partial charge in [-0.25, -0.2) is 4.98 Å². The highest BCUT2D eigenvalue weighted by Crippen LogP contribution is 2.25. The number of nitrogens with zero attached hydrogens (tertiary/aromatic N) is 1. The molecule has 0 bridgehead atoms. The van der Waals surface area contributed by atoms with E-state index in [1.807, 2.05) is 44.2 Å². The summed E-state index contributed by atoms with van der Waals surface area (Å²) in [6.07, 6.45) is 2.20. The molecule has 0 spiro atoms. The van der Waals surface area contributed by atoms with E-state index < -0.39 is 0 Å². The number of anilines is 3. The predicted molar refractivity (Wildman–Crippen MR) is 89.7 cm³/mol. The van der Waals surface area contributed by atoms with Crippen LogP contribution >= 0.6 is 15.9 Å². The molecule has 0 aliphatic heterocycles. The Kier molecular flexibility index (Phi) is 5.33. The summed E-state index contributed by atoms with van der Waals surface area (Å²) in [5.74, 6) is 0.892. The lowest BCUT2D eigenvalue weighted by Crippen LogP contribution is -2.14. The van der Waals surface area contributed by atoms with Crippen LogP contribution in [0.25, 0.3) is 0 Å². The van der Waals surface area contributed by atoms with Crippen LogP contribution in [0.3, 0.4) is 0 Å². The second-order valence-electron chi connectivity index (χ2n) is 5.18. The van der Waals surface area contributed by atoms with Gasteiger partial charge in [0.2, 0.25) is 5.91 Å². The summed E-state index contributed by atoms with van der Waals surface area (Å²) in [5, 5.41) is 6.05. The fourth-order valence-corrected chi connectivity index (χ4v) is 2.21. The van der Waals surface area contributed by atoms with Gasteiger partial charge in [0.15, 0.2) is 0 Å². The van der Waals surface area contributed by atoms with Gasteiger partial charge < -0.3 is 10.6 Å². The molecule has 2 rings (SSSR count). The maximum Gasteiger partial charge on any atom is 0.225 e. The molecule has 0 radical (unpaired) electrons. The van der Waals surface area contributed by atoms with E-state index in [0.29, 0.717) is 18.2 Å². The monoisotopic (exact) mass is 347 g/mol. The standard InChI is InChI=1S/C16H18BrN3O/c1-11(2)9-16(21)20-15-8-7-12(10-18-15)19-14-6-4-3-5-13(14)17/h3-8,10-11,19H,9H2,1-2H3,(H,18,20,21). The number of amides is 1. The van der Waals surface area contributed by atoms with Crippen molar-refractivity contribution in [2.75, 3.05) is 10.6 Å². The van der Waals surface area contributed by atoms with Crippen molar-refractivity contribution in [1.29, 1.82) is 0 Å². The van der Waals surface area contributed by atoms with Gasteiger partial charge in [0, 0.05) is 10.9 Å². The fraction of sp³-hybridized carbons (Fsp3) is 0.250. The summed E-state index contributed by atoms with van der Waals surface area (Å²) in [4.78, 5) is 15.9. The molecule has 0 atom stereocenters. The summed E-state index contributed by atoms with van der Waals surface area (Å²) in [7, 11) is 0. The first kappa shape index (κ1) is 15.5. The van der Waals surface area contributed by atoms with Crippen LogP contribution in [0.2, 0.25) is 0 Å². The van der Waals surface area contributed by atoms with Gasteiger partial charge in [0.1, 0.15) is 5.82 Å². The Balaban J connectivity index is 1.99. The molecular weight excluding hydrogens is 330 g/mol. The van der Waals surface area contributed by atoms with Crippen LogP contribution in [-0.2, 0) is 4.79 Å². The zero-order chi connectivity index (χ0) is 15.2. The lowest BCUT2D eigenvalue weighted by Gasteiger charge is -2.09. The maximum atomic E-state index is 11.7. The molecule has 1 amide bonds. The van der Waals surface area contributed by atoms with Crippen molar-refractivity contribution in [3.05, 3.63) is 47.1 Å². The highest BCUT2D eigenvalue weighted by Gasteiger charge is 2.06. The van der Waals surface area contributed by atoms with Gasteiger partial charge in [-0.3, -0.25) is 4.79 Å². The Morgan fingerprint density at radius 2 is 2.00 bits per heavy atom. The average Bonchev–Trinajstić information content (AvgIpc) is 2.42. The van der Waals surface area contributed by atoms with Crippen molar-refractivity contribution in [1.82, 2.24) is 4.98 Å². The summed E-state index contributed by atoms with van der Waals surface area (Å²) >= 11 is 3.48. The molecule has 4 nitrogen and oxygen atoms in total.